The zero-order valence-corrected chi connectivity index (χ0v) is 23.5. The summed E-state index contributed by atoms with van der Waals surface area (Å²) in [5.74, 6) is 0.158. The lowest BCUT2D eigenvalue weighted by atomic mass is 9.98. The van der Waals surface area contributed by atoms with Gasteiger partial charge < -0.3 is 28.6 Å². The molecule has 5 rings (SSSR count). The Morgan fingerprint density at radius 2 is 1.95 bits per heavy atom. The Labute approximate surface area is 237 Å². The van der Waals surface area contributed by atoms with Crippen LogP contribution < -0.4 is 9.47 Å². The molecule has 2 aromatic carbocycles. The number of ether oxygens (including phenoxy) is 4. The first-order chi connectivity index (χ1) is 19.2. The molecular weight excluding hydrogens is 536 g/mol. The fourth-order valence-corrected chi connectivity index (χ4v) is 4.97. The van der Waals surface area contributed by atoms with Gasteiger partial charge >= 0.3 is 5.97 Å². The van der Waals surface area contributed by atoms with E-state index < -0.39 is 17.7 Å². The molecule has 2 atom stereocenters. The molecule has 3 heterocycles. The van der Waals surface area contributed by atoms with Crippen LogP contribution in [0.4, 0.5) is 0 Å². The molecule has 0 radical (unpaired) electrons. The second-order valence-electron chi connectivity index (χ2n) is 9.96. The number of methoxy groups -OCH3 is 2. The smallest absolute Gasteiger partial charge is 0.335 e. The van der Waals surface area contributed by atoms with Crippen molar-refractivity contribution in [3.63, 3.8) is 0 Å². The molecule has 1 N–H and O–H groups in total. The van der Waals surface area contributed by atoms with Gasteiger partial charge in [-0.05, 0) is 56.7 Å². The molecular formula is C29H31ClN4O6. The van der Waals surface area contributed by atoms with Crippen molar-refractivity contribution in [2.24, 2.45) is 0 Å². The third-order valence-electron chi connectivity index (χ3n) is 6.96. The molecule has 0 amide bonds. The summed E-state index contributed by atoms with van der Waals surface area (Å²) in [6.45, 7) is 3.54. The SMILES string of the molecule is COc1cccc([C@H]2O[C@H](CCn3cc(COC(C)(C)C(=O)O)nn3)c3cccn3-c3ccc(Cl)cc32)c1OC. The predicted molar refractivity (Wildman–Crippen MR) is 147 cm³/mol. The van der Waals surface area contributed by atoms with E-state index in [2.05, 4.69) is 14.9 Å². The molecule has 0 saturated heterocycles. The Morgan fingerprint density at radius 1 is 1.12 bits per heavy atom. The van der Waals surface area contributed by atoms with Crippen molar-refractivity contribution in [2.75, 3.05) is 14.2 Å². The second kappa shape index (κ2) is 11.3. The maximum atomic E-state index is 11.3. The van der Waals surface area contributed by atoms with E-state index in [1.807, 2.05) is 54.7 Å². The molecule has 0 fully saturated rings. The van der Waals surface area contributed by atoms with Crippen LogP contribution in [0.1, 0.15) is 55.0 Å². The fraction of sp³-hybridized carbons (Fsp3) is 0.345. The van der Waals surface area contributed by atoms with Crippen molar-refractivity contribution in [1.29, 1.82) is 0 Å². The van der Waals surface area contributed by atoms with E-state index >= 15 is 0 Å². The largest absolute Gasteiger partial charge is 0.493 e. The highest BCUT2D eigenvalue weighted by Crippen LogP contribution is 2.46. The second-order valence-corrected chi connectivity index (χ2v) is 10.4. The van der Waals surface area contributed by atoms with E-state index in [4.69, 9.17) is 30.5 Å². The molecule has 40 heavy (non-hydrogen) atoms. The third-order valence-corrected chi connectivity index (χ3v) is 7.20. The van der Waals surface area contributed by atoms with Crippen molar-refractivity contribution in [3.05, 3.63) is 88.5 Å². The van der Waals surface area contributed by atoms with Gasteiger partial charge in [0.25, 0.3) is 0 Å². The molecule has 0 aliphatic carbocycles. The predicted octanol–water partition coefficient (Wildman–Crippen LogP) is 5.37. The van der Waals surface area contributed by atoms with Gasteiger partial charge in [-0.15, -0.1) is 5.10 Å². The van der Waals surface area contributed by atoms with Crippen LogP contribution in [0, 0.1) is 0 Å². The number of carbonyl (C=O) groups is 1. The van der Waals surface area contributed by atoms with Gasteiger partial charge in [-0.2, -0.15) is 0 Å². The van der Waals surface area contributed by atoms with Crippen molar-refractivity contribution in [3.8, 4) is 17.2 Å². The average molecular weight is 567 g/mol. The number of benzene rings is 2. The molecule has 1 aliphatic rings. The average Bonchev–Trinajstić information content (AvgIpc) is 3.59. The van der Waals surface area contributed by atoms with Crippen LogP contribution >= 0.6 is 11.6 Å². The molecule has 0 unspecified atom stereocenters. The van der Waals surface area contributed by atoms with Gasteiger partial charge in [0.1, 0.15) is 17.9 Å². The van der Waals surface area contributed by atoms with Gasteiger partial charge in [0.15, 0.2) is 17.1 Å². The molecule has 210 valence electrons. The van der Waals surface area contributed by atoms with E-state index in [1.54, 1.807) is 25.1 Å². The van der Waals surface area contributed by atoms with Crippen molar-refractivity contribution < 1.29 is 28.8 Å². The van der Waals surface area contributed by atoms with E-state index in [9.17, 15) is 9.90 Å². The number of nitrogens with zero attached hydrogens (tertiary/aromatic N) is 4. The summed E-state index contributed by atoms with van der Waals surface area (Å²) in [6.07, 6.45) is 3.53. The highest BCUT2D eigenvalue weighted by atomic mass is 35.5. The molecule has 1 aliphatic heterocycles. The number of rotatable bonds is 10. The summed E-state index contributed by atoms with van der Waals surface area (Å²) in [5, 5.41) is 18.2. The van der Waals surface area contributed by atoms with Crippen molar-refractivity contribution in [2.45, 2.75) is 51.2 Å². The Hall–Kier alpha value is -3.86. The van der Waals surface area contributed by atoms with Gasteiger partial charge in [-0.1, -0.05) is 28.9 Å². The minimum absolute atomic E-state index is 0.0376. The number of aliphatic carboxylic acids is 1. The number of carboxylic acids is 1. The quantitative estimate of drug-likeness (QED) is 0.273. The first-order valence-electron chi connectivity index (χ1n) is 12.8. The van der Waals surface area contributed by atoms with Crippen LogP contribution in [0.15, 0.2) is 60.9 Å². The lowest BCUT2D eigenvalue weighted by Gasteiger charge is -2.25. The van der Waals surface area contributed by atoms with Crippen molar-refractivity contribution in [1.82, 2.24) is 19.6 Å². The number of aryl methyl sites for hydroxylation is 1. The summed E-state index contributed by atoms with van der Waals surface area (Å²) < 4.78 is 27.6. The van der Waals surface area contributed by atoms with Gasteiger partial charge in [-0.3, -0.25) is 4.68 Å². The maximum Gasteiger partial charge on any atom is 0.335 e. The standard InChI is InChI=1S/C29H31ClN4O6/c1-29(2,28(35)36)39-17-19-16-33(32-31-19)14-12-24-23-8-6-13-34(23)22-11-10-18(30)15-21(22)26(40-24)20-7-5-9-25(37-3)27(20)38-4/h5-11,13,15-16,24,26H,12,14,17H2,1-4H3,(H,35,36)/t24-,26-/m1/s1. The highest BCUT2D eigenvalue weighted by molar-refractivity contribution is 6.30. The number of hydrogen-bond donors (Lipinski definition) is 1. The highest BCUT2D eigenvalue weighted by Gasteiger charge is 2.33. The Bertz CT molecular complexity index is 1510. The summed E-state index contributed by atoms with van der Waals surface area (Å²) in [7, 11) is 3.22. The topological polar surface area (TPSA) is 110 Å². The van der Waals surface area contributed by atoms with Gasteiger partial charge in [0.05, 0.1) is 38.4 Å². The fourth-order valence-electron chi connectivity index (χ4n) is 4.79. The van der Waals surface area contributed by atoms with Crippen LogP contribution in [0.2, 0.25) is 5.02 Å². The number of aromatic nitrogens is 4. The number of fused-ring (bicyclic) bond motifs is 3. The first kappa shape index (κ1) is 27.7. The lowest BCUT2D eigenvalue weighted by Crippen LogP contribution is -2.34. The molecule has 0 bridgehead atoms. The van der Waals surface area contributed by atoms with Gasteiger partial charge in [-0.25, -0.2) is 4.79 Å². The van der Waals surface area contributed by atoms with Crippen LogP contribution in [0.5, 0.6) is 11.5 Å². The molecule has 2 aromatic heterocycles. The maximum absolute atomic E-state index is 11.3. The Balaban J connectivity index is 1.45. The monoisotopic (exact) mass is 566 g/mol. The number of carboxylic acid groups (broad SMARTS) is 1. The third kappa shape index (κ3) is 5.42. The summed E-state index contributed by atoms with van der Waals surface area (Å²) in [5.41, 5.74) is 2.89. The van der Waals surface area contributed by atoms with E-state index in [0.717, 1.165) is 22.5 Å². The number of hydrogen-bond acceptors (Lipinski definition) is 7. The molecule has 11 heteroatoms. The summed E-state index contributed by atoms with van der Waals surface area (Å²) >= 11 is 6.48. The Kier molecular flexibility index (Phi) is 7.84. The summed E-state index contributed by atoms with van der Waals surface area (Å²) in [6, 6.07) is 15.6. The minimum Gasteiger partial charge on any atom is -0.493 e. The normalized spacial score (nSPS) is 16.6. The van der Waals surface area contributed by atoms with Gasteiger partial charge in [0.2, 0.25) is 0 Å². The first-order valence-corrected chi connectivity index (χ1v) is 13.2. The zero-order chi connectivity index (χ0) is 28.4. The summed E-state index contributed by atoms with van der Waals surface area (Å²) in [4.78, 5) is 11.3. The van der Waals surface area contributed by atoms with Crippen LogP contribution in [0.3, 0.4) is 0 Å². The van der Waals surface area contributed by atoms with E-state index in [0.29, 0.717) is 35.2 Å². The lowest BCUT2D eigenvalue weighted by molar-refractivity contribution is -0.162. The van der Waals surface area contributed by atoms with Crippen molar-refractivity contribution >= 4 is 17.6 Å². The van der Waals surface area contributed by atoms with Gasteiger partial charge in [0, 0.05) is 28.9 Å². The Morgan fingerprint density at radius 3 is 2.70 bits per heavy atom. The van der Waals surface area contributed by atoms with Crippen LogP contribution in [-0.2, 0) is 27.4 Å². The molecule has 10 nitrogen and oxygen atoms in total. The number of halogens is 1. The van der Waals surface area contributed by atoms with E-state index in [1.165, 1.54) is 13.8 Å². The number of para-hydroxylation sites is 1. The molecule has 4 aromatic rings. The van der Waals surface area contributed by atoms with Crippen LogP contribution in [-0.4, -0.2) is 50.5 Å². The molecule has 0 spiro atoms. The van der Waals surface area contributed by atoms with Crippen LogP contribution in [0.25, 0.3) is 5.69 Å². The molecule has 0 saturated carbocycles. The van der Waals surface area contributed by atoms with E-state index in [-0.39, 0.29) is 12.7 Å². The zero-order valence-electron chi connectivity index (χ0n) is 22.7. The minimum atomic E-state index is -1.32.